The number of hydrogen-bond donors (Lipinski definition) is 1. The van der Waals surface area contributed by atoms with Gasteiger partial charge in [0.25, 0.3) is 0 Å². The molecule has 22 heavy (non-hydrogen) atoms. The van der Waals surface area contributed by atoms with Crippen molar-refractivity contribution in [1.82, 2.24) is 15.0 Å². The van der Waals surface area contributed by atoms with Crippen molar-refractivity contribution < 1.29 is 14.3 Å². The normalized spacial score (nSPS) is 10.6. The van der Waals surface area contributed by atoms with Crippen LogP contribution in [0.5, 0.6) is 0 Å². The number of benzene rings is 2. The van der Waals surface area contributed by atoms with Crippen LogP contribution in [0.3, 0.4) is 0 Å². The molecule has 0 fully saturated rings. The molecule has 1 N–H and O–H groups in total. The Morgan fingerprint density at radius 2 is 1.91 bits per heavy atom. The molecule has 0 saturated heterocycles. The van der Waals surface area contributed by atoms with E-state index in [1.54, 1.807) is 18.2 Å². The molecule has 0 aliphatic carbocycles. The summed E-state index contributed by atoms with van der Waals surface area (Å²) in [6.45, 7) is 1.95. The summed E-state index contributed by atoms with van der Waals surface area (Å²) in [4.78, 5) is 11.4. The first-order valence-electron chi connectivity index (χ1n) is 6.58. The average molecular weight is 297 g/mol. The van der Waals surface area contributed by atoms with E-state index in [2.05, 4.69) is 10.3 Å². The maximum Gasteiger partial charge on any atom is 0.358 e. The monoisotopic (exact) mass is 297 g/mol. The molecule has 0 saturated carbocycles. The molecule has 110 valence electrons. The number of carboxylic acid groups (broad SMARTS) is 1. The quantitative estimate of drug-likeness (QED) is 0.806. The number of carbonyl (C=O) groups is 1. The van der Waals surface area contributed by atoms with Gasteiger partial charge in [-0.15, -0.1) is 5.10 Å². The van der Waals surface area contributed by atoms with E-state index in [1.807, 2.05) is 19.1 Å². The summed E-state index contributed by atoms with van der Waals surface area (Å²) < 4.78 is 14.9. The van der Waals surface area contributed by atoms with Gasteiger partial charge in [0.05, 0.1) is 5.69 Å². The van der Waals surface area contributed by atoms with E-state index in [9.17, 15) is 14.3 Å². The highest BCUT2D eigenvalue weighted by Gasteiger charge is 2.21. The zero-order valence-corrected chi connectivity index (χ0v) is 11.7. The molecule has 6 heteroatoms. The Hall–Kier alpha value is -3.02. The van der Waals surface area contributed by atoms with Crippen molar-refractivity contribution in [3.05, 3.63) is 65.6 Å². The molecular weight excluding hydrogens is 285 g/mol. The highest BCUT2D eigenvalue weighted by Crippen LogP contribution is 2.26. The average Bonchev–Trinajstić information content (AvgIpc) is 2.93. The van der Waals surface area contributed by atoms with E-state index in [0.717, 1.165) is 5.56 Å². The molecule has 0 aliphatic rings. The van der Waals surface area contributed by atoms with E-state index in [-0.39, 0.29) is 11.4 Å². The molecule has 1 aromatic heterocycles. The minimum absolute atomic E-state index is 0.217. The fourth-order valence-corrected chi connectivity index (χ4v) is 2.19. The molecule has 0 amide bonds. The standard InChI is InChI=1S/C16H12FN3O2/c1-10-5-7-13(8-6-10)20-15(14(16(21)22)18-19-20)11-3-2-4-12(17)9-11/h2-9H,1H3,(H,21,22). The van der Waals surface area contributed by atoms with Crippen LogP contribution < -0.4 is 0 Å². The van der Waals surface area contributed by atoms with Crippen molar-refractivity contribution in [1.29, 1.82) is 0 Å². The van der Waals surface area contributed by atoms with Gasteiger partial charge < -0.3 is 5.11 Å². The lowest BCUT2D eigenvalue weighted by Gasteiger charge is -2.08. The van der Waals surface area contributed by atoms with E-state index >= 15 is 0 Å². The minimum Gasteiger partial charge on any atom is -0.476 e. The van der Waals surface area contributed by atoms with Crippen LogP contribution in [0.15, 0.2) is 48.5 Å². The zero-order valence-electron chi connectivity index (χ0n) is 11.7. The van der Waals surface area contributed by atoms with Crippen LogP contribution in [0.4, 0.5) is 4.39 Å². The van der Waals surface area contributed by atoms with Gasteiger partial charge in [-0.25, -0.2) is 13.9 Å². The predicted molar refractivity (Wildman–Crippen MR) is 78.4 cm³/mol. The second-order valence-electron chi connectivity index (χ2n) is 4.85. The third-order valence-corrected chi connectivity index (χ3v) is 3.25. The molecule has 0 radical (unpaired) electrons. The van der Waals surface area contributed by atoms with Gasteiger partial charge in [-0.2, -0.15) is 0 Å². The molecule has 5 nitrogen and oxygen atoms in total. The molecule has 0 bridgehead atoms. The van der Waals surface area contributed by atoms with Gasteiger partial charge in [0.15, 0.2) is 5.69 Å². The summed E-state index contributed by atoms with van der Waals surface area (Å²) in [5.41, 5.74) is 2.16. The molecule has 2 aromatic carbocycles. The third-order valence-electron chi connectivity index (χ3n) is 3.25. The lowest BCUT2D eigenvalue weighted by Crippen LogP contribution is -2.03. The van der Waals surface area contributed by atoms with Crippen molar-refractivity contribution in [3.8, 4) is 16.9 Å². The topological polar surface area (TPSA) is 68.0 Å². The SMILES string of the molecule is Cc1ccc(-n2nnc(C(=O)O)c2-c2cccc(F)c2)cc1. The van der Waals surface area contributed by atoms with Crippen LogP contribution >= 0.6 is 0 Å². The molecule has 0 atom stereocenters. The highest BCUT2D eigenvalue weighted by molar-refractivity contribution is 5.93. The Morgan fingerprint density at radius 1 is 1.18 bits per heavy atom. The summed E-state index contributed by atoms with van der Waals surface area (Å²) in [7, 11) is 0. The van der Waals surface area contributed by atoms with Gasteiger partial charge in [-0.05, 0) is 31.2 Å². The number of aryl methyl sites for hydroxylation is 1. The third kappa shape index (κ3) is 2.46. The smallest absolute Gasteiger partial charge is 0.358 e. The lowest BCUT2D eigenvalue weighted by atomic mass is 10.1. The molecule has 0 spiro atoms. The van der Waals surface area contributed by atoms with Crippen molar-refractivity contribution >= 4 is 5.97 Å². The Morgan fingerprint density at radius 3 is 2.55 bits per heavy atom. The van der Waals surface area contributed by atoms with E-state index < -0.39 is 11.8 Å². The molecule has 0 aliphatic heterocycles. The maximum absolute atomic E-state index is 13.5. The van der Waals surface area contributed by atoms with E-state index in [0.29, 0.717) is 11.3 Å². The van der Waals surface area contributed by atoms with Gasteiger partial charge in [-0.1, -0.05) is 35.0 Å². The summed E-state index contributed by atoms with van der Waals surface area (Å²) >= 11 is 0. The predicted octanol–water partition coefficient (Wildman–Crippen LogP) is 3.08. The number of halogens is 1. The van der Waals surface area contributed by atoms with Gasteiger partial charge in [0.1, 0.15) is 11.5 Å². The van der Waals surface area contributed by atoms with E-state index in [4.69, 9.17) is 0 Å². The largest absolute Gasteiger partial charge is 0.476 e. The van der Waals surface area contributed by atoms with E-state index in [1.165, 1.54) is 22.9 Å². The summed E-state index contributed by atoms with van der Waals surface area (Å²) in [5.74, 6) is -1.66. The van der Waals surface area contributed by atoms with Crippen LogP contribution in [0, 0.1) is 12.7 Å². The van der Waals surface area contributed by atoms with Crippen LogP contribution in [0.1, 0.15) is 16.1 Å². The second-order valence-corrected chi connectivity index (χ2v) is 4.85. The molecule has 1 heterocycles. The Balaban J connectivity index is 2.24. The van der Waals surface area contributed by atoms with Crippen molar-refractivity contribution in [2.45, 2.75) is 6.92 Å². The number of nitrogens with zero attached hydrogens (tertiary/aromatic N) is 3. The molecule has 3 rings (SSSR count). The first-order chi connectivity index (χ1) is 10.6. The van der Waals surface area contributed by atoms with Crippen molar-refractivity contribution in [2.24, 2.45) is 0 Å². The van der Waals surface area contributed by atoms with Gasteiger partial charge >= 0.3 is 5.97 Å². The minimum atomic E-state index is -1.21. The fraction of sp³-hybridized carbons (Fsp3) is 0.0625. The number of carboxylic acids is 1. The Bertz CT molecular complexity index is 841. The molecule has 0 unspecified atom stereocenters. The second kappa shape index (κ2) is 5.40. The maximum atomic E-state index is 13.5. The van der Waals surface area contributed by atoms with Crippen LogP contribution in [0.25, 0.3) is 16.9 Å². The number of rotatable bonds is 3. The molecule has 3 aromatic rings. The summed E-state index contributed by atoms with van der Waals surface area (Å²) in [6, 6.07) is 13.1. The lowest BCUT2D eigenvalue weighted by molar-refractivity contribution is 0.0691. The van der Waals surface area contributed by atoms with Crippen LogP contribution in [-0.4, -0.2) is 26.1 Å². The zero-order chi connectivity index (χ0) is 15.7. The fourth-order valence-electron chi connectivity index (χ4n) is 2.19. The first kappa shape index (κ1) is 13.9. The summed E-state index contributed by atoms with van der Waals surface area (Å²) in [6.07, 6.45) is 0. The Labute approximate surface area is 125 Å². The van der Waals surface area contributed by atoms with Crippen LogP contribution in [-0.2, 0) is 0 Å². The van der Waals surface area contributed by atoms with Gasteiger partial charge in [0, 0.05) is 5.56 Å². The number of aromatic nitrogens is 3. The van der Waals surface area contributed by atoms with Crippen LogP contribution in [0.2, 0.25) is 0 Å². The number of aromatic carboxylic acids is 1. The summed E-state index contributed by atoms with van der Waals surface area (Å²) in [5, 5.41) is 16.9. The molecular formula is C16H12FN3O2. The first-order valence-corrected chi connectivity index (χ1v) is 6.58. The highest BCUT2D eigenvalue weighted by atomic mass is 19.1. The Kier molecular flexibility index (Phi) is 3.42. The van der Waals surface area contributed by atoms with Crippen molar-refractivity contribution in [2.75, 3.05) is 0 Å². The number of hydrogen-bond acceptors (Lipinski definition) is 3. The van der Waals surface area contributed by atoms with Gasteiger partial charge in [0.2, 0.25) is 0 Å². The van der Waals surface area contributed by atoms with Gasteiger partial charge in [-0.3, -0.25) is 0 Å². The van der Waals surface area contributed by atoms with Crippen molar-refractivity contribution in [3.63, 3.8) is 0 Å².